The number of pyridine rings is 2. The lowest BCUT2D eigenvalue weighted by Crippen LogP contribution is -2.58. The molecular formula is C25H31N9O. The highest BCUT2D eigenvalue weighted by molar-refractivity contribution is 6.16. The lowest BCUT2D eigenvalue weighted by Gasteiger charge is -2.35. The van der Waals surface area contributed by atoms with Crippen LogP contribution in [0.2, 0.25) is 0 Å². The topological polar surface area (TPSA) is 133 Å². The number of nitrogens with two attached hydrogens (primary N) is 1. The highest BCUT2D eigenvalue weighted by atomic mass is 16.2. The molecule has 1 saturated carbocycles. The summed E-state index contributed by atoms with van der Waals surface area (Å²) < 4.78 is 0. The first kappa shape index (κ1) is 23.0. The number of fused-ring (bicyclic) bond motifs is 1. The van der Waals surface area contributed by atoms with E-state index in [1.54, 1.807) is 24.5 Å². The second-order valence-corrected chi connectivity index (χ2v) is 9.28. The summed E-state index contributed by atoms with van der Waals surface area (Å²) in [5.41, 5.74) is 13.0. The molecule has 1 aliphatic carbocycles. The second kappa shape index (κ2) is 9.83. The Morgan fingerprint density at radius 1 is 1.14 bits per heavy atom. The molecule has 3 aliphatic rings. The highest BCUT2D eigenvalue weighted by Crippen LogP contribution is 2.26. The molecule has 0 bridgehead atoms. The Bertz CT molecular complexity index is 1170. The maximum Gasteiger partial charge on any atom is 0.251 e. The number of anilines is 2. The summed E-state index contributed by atoms with van der Waals surface area (Å²) in [6.07, 6.45) is 8.96. The fourth-order valence-corrected chi connectivity index (χ4v) is 4.51. The first-order valence-corrected chi connectivity index (χ1v) is 12.0. The van der Waals surface area contributed by atoms with Crippen LogP contribution in [0.4, 0.5) is 11.5 Å². The summed E-state index contributed by atoms with van der Waals surface area (Å²) in [4.78, 5) is 31.5. The van der Waals surface area contributed by atoms with Crippen molar-refractivity contribution in [3.05, 3.63) is 59.7 Å². The van der Waals surface area contributed by atoms with Gasteiger partial charge in [0.25, 0.3) is 5.91 Å². The Labute approximate surface area is 204 Å². The average Bonchev–Trinajstić information content (AvgIpc) is 3.28. The third-order valence-corrected chi connectivity index (χ3v) is 6.60. The number of nitrogens with zero attached hydrogens (tertiary/aromatic N) is 5. The molecule has 35 heavy (non-hydrogen) atoms. The maximum atomic E-state index is 13.2. The third-order valence-electron chi connectivity index (χ3n) is 6.60. The Morgan fingerprint density at radius 2 is 1.91 bits per heavy atom. The Morgan fingerprint density at radius 3 is 2.63 bits per heavy atom. The molecule has 1 unspecified atom stereocenters. The van der Waals surface area contributed by atoms with Crippen molar-refractivity contribution in [2.75, 3.05) is 17.2 Å². The van der Waals surface area contributed by atoms with E-state index in [9.17, 15) is 4.79 Å². The SMILES string of the molecule is CC1=C(Nc2ccc(C)cn2)C2=NCC(C(=O)Nc3ccncc3)N2NC1=NC1CCC(N)CC1. The number of hydrazine groups is 1. The molecule has 1 amide bonds. The lowest BCUT2D eigenvalue weighted by atomic mass is 9.92. The predicted molar refractivity (Wildman–Crippen MR) is 137 cm³/mol. The zero-order valence-electron chi connectivity index (χ0n) is 20.0. The van der Waals surface area contributed by atoms with E-state index in [1.807, 2.05) is 37.2 Å². The minimum atomic E-state index is -0.529. The van der Waals surface area contributed by atoms with Gasteiger partial charge in [-0.1, -0.05) is 6.07 Å². The van der Waals surface area contributed by atoms with Crippen LogP contribution in [0.1, 0.15) is 38.2 Å². The van der Waals surface area contributed by atoms with Gasteiger partial charge in [-0.3, -0.25) is 30.2 Å². The van der Waals surface area contributed by atoms with Crippen LogP contribution in [0.15, 0.2) is 64.1 Å². The van der Waals surface area contributed by atoms with Crippen LogP contribution in [-0.4, -0.2) is 57.2 Å². The zero-order chi connectivity index (χ0) is 24.4. The fourth-order valence-electron chi connectivity index (χ4n) is 4.51. The monoisotopic (exact) mass is 473 g/mol. The van der Waals surface area contributed by atoms with Gasteiger partial charge in [0.15, 0.2) is 11.9 Å². The number of amides is 1. The molecule has 5 N–H and O–H groups in total. The van der Waals surface area contributed by atoms with Crippen LogP contribution in [0.3, 0.4) is 0 Å². The number of amidine groups is 2. The molecule has 0 saturated heterocycles. The molecule has 5 rings (SSSR count). The normalized spacial score (nSPS) is 25.1. The van der Waals surface area contributed by atoms with Gasteiger partial charge in [-0.05, 0) is 63.3 Å². The fraction of sp³-hybridized carbons (Fsp3) is 0.400. The molecule has 0 spiro atoms. The first-order chi connectivity index (χ1) is 17.0. The standard InChI is InChI=1S/C25H31N9O/c1-15-3-8-21(28-13-15)32-22-16(2)23(30-18-6-4-17(26)5-7-18)33-34-20(14-29-24(22)34)25(35)31-19-9-11-27-12-10-19/h3,8-13,17-18,20H,4-7,14,26H2,1-2H3,(H,28,32)(H,30,33)(H,27,31,35). The first-order valence-electron chi connectivity index (χ1n) is 12.0. The van der Waals surface area contributed by atoms with Gasteiger partial charge in [0.05, 0.1) is 18.3 Å². The summed E-state index contributed by atoms with van der Waals surface area (Å²) in [5, 5.41) is 8.20. The zero-order valence-corrected chi connectivity index (χ0v) is 20.0. The van der Waals surface area contributed by atoms with Crippen molar-refractivity contribution in [1.82, 2.24) is 20.4 Å². The van der Waals surface area contributed by atoms with Gasteiger partial charge in [-0.15, -0.1) is 0 Å². The van der Waals surface area contributed by atoms with Crippen molar-refractivity contribution < 1.29 is 4.79 Å². The summed E-state index contributed by atoms with van der Waals surface area (Å²) in [6.45, 7) is 4.34. The summed E-state index contributed by atoms with van der Waals surface area (Å²) in [5.74, 6) is 1.96. The molecule has 0 aromatic carbocycles. The van der Waals surface area contributed by atoms with E-state index in [-0.39, 0.29) is 18.0 Å². The van der Waals surface area contributed by atoms with Crippen LogP contribution < -0.4 is 21.8 Å². The van der Waals surface area contributed by atoms with Crippen LogP contribution in [-0.2, 0) is 4.79 Å². The van der Waals surface area contributed by atoms with Crippen LogP contribution in [0.25, 0.3) is 0 Å². The molecule has 2 aliphatic heterocycles. The third kappa shape index (κ3) is 5.02. The van der Waals surface area contributed by atoms with Crippen molar-refractivity contribution in [3.63, 3.8) is 0 Å². The Kier molecular flexibility index (Phi) is 6.45. The van der Waals surface area contributed by atoms with Gasteiger partial charge in [0.2, 0.25) is 0 Å². The van der Waals surface area contributed by atoms with Gasteiger partial charge in [-0.2, -0.15) is 0 Å². The van der Waals surface area contributed by atoms with Gasteiger partial charge in [0.1, 0.15) is 11.7 Å². The molecule has 4 heterocycles. The molecule has 10 nitrogen and oxygen atoms in total. The Hall–Kier alpha value is -3.79. The van der Waals surface area contributed by atoms with Crippen LogP contribution in [0, 0.1) is 6.92 Å². The highest BCUT2D eigenvalue weighted by Gasteiger charge is 2.40. The molecule has 2 aromatic rings. The van der Waals surface area contributed by atoms with Crippen molar-refractivity contribution in [2.45, 2.75) is 57.7 Å². The maximum absolute atomic E-state index is 13.2. The molecule has 0 radical (unpaired) electrons. The lowest BCUT2D eigenvalue weighted by molar-refractivity contribution is -0.119. The molecule has 10 heteroatoms. The number of carbonyl (C=O) groups is 1. The smallest absolute Gasteiger partial charge is 0.251 e. The summed E-state index contributed by atoms with van der Waals surface area (Å²) >= 11 is 0. The number of carbonyl (C=O) groups excluding carboxylic acids is 1. The summed E-state index contributed by atoms with van der Waals surface area (Å²) in [6, 6.07) is 7.38. The van der Waals surface area contributed by atoms with Gasteiger partial charge >= 0.3 is 0 Å². The van der Waals surface area contributed by atoms with Gasteiger partial charge < -0.3 is 16.4 Å². The number of rotatable bonds is 5. The van der Waals surface area contributed by atoms with Crippen LogP contribution in [0.5, 0.6) is 0 Å². The van der Waals surface area contributed by atoms with E-state index in [0.29, 0.717) is 23.9 Å². The predicted octanol–water partition coefficient (Wildman–Crippen LogP) is 2.38. The van der Waals surface area contributed by atoms with E-state index in [0.717, 1.165) is 48.4 Å². The van der Waals surface area contributed by atoms with Crippen molar-refractivity contribution in [1.29, 1.82) is 0 Å². The number of aliphatic imine (C=N–C) groups is 2. The minimum Gasteiger partial charge on any atom is -0.337 e. The molecule has 182 valence electrons. The molecular weight excluding hydrogens is 442 g/mol. The van der Waals surface area contributed by atoms with Crippen molar-refractivity contribution in [3.8, 4) is 0 Å². The van der Waals surface area contributed by atoms with E-state index in [2.05, 4.69) is 26.0 Å². The quantitative estimate of drug-likeness (QED) is 0.524. The van der Waals surface area contributed by atoms with Gasteiger partial charge in [0, 0.05) is 35.9 Å². The number of aromatic nitrogens is 2. The molecule has 2 aromatic heterocycles. The summed E-state index contributed by atoms with van der Waals surface area (Å²) in [7, 11) is 0. The number of hydrogen-bond donors (Lipinski definition) is 4. The minimum absolute atomic E-state index is 0.155. The van der Waals surface area contributed by atoms with E-state index >= 15 is 0 Å². The number of nitrogens with one attached hydrogen (secondary N) is 3. The number of aryl methyl sites for hydroxylation is 1. The van der Waals surface area contributed by atoms with E-state index < -0.39 is 6.04 Å². The Balaban J connectivity index is 1.44. The van der Waals surface area contributed by atoms with Crippen molar-refractivity contribution in [2.24, 2.45) is 15.7 Å². The van der Waals surface area contributed by atoms with Gasteiger partial charge in [-0.25, -0.2) is 4.98 Å². The molecule has 1 atom stereocenters. The van der Waals surface area contributed by atoms with E-state index in [4.69, 9.17) is 15.7 Å². The number of hydrogen-bond acceptors (Lipinski definition) is 8. The average molecular weight is 474 g/mol. The largest absolute Gasteiger partial charge is 0.337 e. The molecule has 1 fully saturated rings. The second-order valence-electron chi connectivity index (χ2n) is 9.28. The van der Waals surface area contributed by atoms with Crippen molar-refractivity contribution >= 4 is 29.1 Å². The van der Waals surface area contributed by atoms with E-state index in [1.165, 1.54) is 0 Å². The van der Waals surface area contributed by atoms with Crippen LogP contribution >= 0.6 is 0 Å².